The van der Waals surface area contributed by atoms with Gasteiger partial charge in [-0.1, -0.05) is 6.92 Å². The Balaban J connectivity index is 3.71. The molecule has 0 saturated heterocycles. The van der Waals surface area contributed by atoms with Crippen molar-refractivity contribution in [2.75, 3.05) is 6.54 Å². The molecule has 0 amide bonds. The van der Waals surface area contributed by atoms with Crippen molar-refractivity contribution in [1.29, 1.82) is 0 Å². The van der Waals surface area contributed by atoms with Crippen molar-refractivity contribution in [2.24, 2.45) is 0 Å². The third-order valence-corrected chi connectivity index (χ3v) is 2.58. The monoisotopic (exact) mass is 215 g/mol. The second-order valence-corrected chi connectivity index (χ2v) is 6.01. The van der Waals surface area contributed by atoms with Gasteiger partial charge < -0.3 is 10.1 Å². The smallest absolute Gasteiger partial charge is 0.0627 e. The highest BCUT2D eigenvalue weighted by atomic mass is 16.5. The molecule has 0 rings (SSSR count). The summed E-state index contributed by atoms with van der Waals surface area (Å²) in [5.74, 6) is 0. The van der Waals surface area contributed by atoms with Crippen molar-refractivity contribution in [3.63, 3.8) is 0 Å². The molecule has 15 heavy (non-hydrogen) atoms. The van der Waals surface area contributed by atoms with E-state index in [1.54, 1.807) is 0 Å². The van der Waals surface area contributed by atoms with E-state index >= 15 is 0 Å². The van der Waals surface area contributed by atoms with Gasteiger partial charge in [0, 0.05) is 5.54 Å². The zero-order valence-electron chi connectivity index (χ0n) is 11.6. The van der Waals surface area contributed by atoms with Crippen LogP contribution in [0, 0.1) is 0 Å². The van der Waals surface area contributed by atoms with Gasteiger partial charge in [0.25, 0.3) is 0 Å². The molecule has 0 aliphatic carbocycles. The number of nitrogens with one attached hydrogen (secondary N) is 1. The average molecular weight is 215 g/mol. The summed E-state index contributed by atoms with van der Waals surface area (Å²) in [6, 6.07) is 0. The lowest BCUT2D eigenvalue weighted by Gasteiger charge is -2.29. The molecule has 2 heteroatoms. The fourth-order valence-electron chi connectivity index (χ4n) is 1.34. The molecular weight excluding hydrogens is 186 g/mol. The molecule has 0 aromatic heterocycles. The van der Waals surface area contributed by atoms with Crippen LogP contribution >= 0.6 is 0 Å². The summed E-state index contributed by atoms with van der Waals surface area (Å²) in [5, 5.41) is 3.48. The normalized spacial score (nSPS) is 15.4. The van der Waals surface area contributed by atoms with Crippen LogP contribution in [0.2, 0.25) is 0 Å². The van der Waals surface area contributed by atoms with Gasteiger partial charge >= 0.3 is 0 Å². The summed E-state index contributed by atoms with van der Waals surface area (Å²) in [7, 11) is 0. The number of rotatable bonds is 6. The van der Waals surface area contributed by atoms with Crippen LogP contribution in [0.1, 0.15) is 61.3 Å². The van der Waals surface area contributed by atoms with Crippen LogP contribution < -0.4 is 5.32 Å². The number of ether oxygens (including phenoxy) is 1. The second kappa shape index (κ2) is 5.86. The van der Waals surface area contributed by atoms with E-state index in [1.807, 2.05) is 0 Å². The summed E-state index contributed by atoms with van der Waals surface area (Å²) in [6.07, 6.45) is 2.46. The molecule has 0 bridgehead atoms. The summed E-state index contributed by atoms with van der Waals surface area (Å²) in [4.78, 5) is 0. The highest BCUT2D eigenvalue weighted by Gasteiger charge is 2.19. The van der Waals surface area contributed by atoms with Crippen molar-refractivity contribution in [3.05, 3.63) is 0 Å². The molecule has 0 fully saturated rings. The standard InChI is InChI=1S/C13H29NO/c1-8-13(6,7)15-11(2)9-10-14-12(3,4)5/h11,14H,8-10H2,1-7H3. The van der Waals surface area contributed by atoms with Crippen LogP contribution in [-0.4, -0.2) is 23.8 Å². The van der Waals surface area contributed by atoms with Crippen LogP contribution in [-0.2, 0) is 4.74 Å². The van der Waals surface area contributed by atoms with E-state index in [9.17, 15) is 0 Å². The first-order chi connectivity index (χ1) is 6.66. The molecule has 92 valence electrons. The van der Waals surface area contributed by atoms with Gasteiger partial charge in [0.1, 0.15) is 0 Å². The first-order valence-electron chi connectivity index (χ1n) is 6.09. The summed E-state index contributed by atoms with van der Waals surface area (Å²) < 4.78 is 5.96. The summed E-state index contributed by atoms with van der Waals surface area (Å²) in [5.41, 5.74) is 0.223. The van der Waals surface area contributed by atoms with E-state index in [4.69, 9.17) is 4.74 Å². The van der Waals surface area contributed by atoms with Gasteiger partial charge in [-0.2, -0.15) is 0 Å². The average Bonchev–Trinajstić information content (AvgIpc) is 2.00. The van der Waals surface area contributed by atoms with Crippen LogP contribution in [0.5, 0.6) is 0 Å². The molecule has 1 N–H and O–H groups in total. The van der Waals surface area contributed by atoms with Crippen LogP contribution in [0.25, 0.3) is 0 Å². The minimum atomic E-state index is 0.0150. The lowest BCUT2D eigenvalue weighted by atomic mass is 10.1. The third kappa shape index (κ3) is 8.88. The van der Waals surface area contributed by atoms with Gasteiger partial charge in [0.15, 0.2) is 0 Å². The van der Waals surface area contributed by atoms with E-state index in [0.717, 1.165) is 19.4 Å². The van der Waals surface area contributed by atoms with Crippen LogP contribution in [0.15, 0.2) is 0 Å². The molecule has 0 aromatic rings. The maximum atomic E-state index is 5.96. The number of hydrogen-bond donors (Lipinski definition) is 1. The predicted octanol–water partition coefficient (Wildman–Crippen LogP) is 3.36. The SMILES string of the molecule is CCC(C)(C)OC(C)CCNC(C)(C)C. The molecule has 0 saturated carbocycles. The Morgan fingerprint density at radius 3 is 2.07 bits per heavy atom. The van der Waals surface area contributed by atoms with Gasteiger partial charge in [-0.15, -0.1) is 0 Å². The number of hydrogen-bond acceptors (Lipinski definition) is 2. The van der Waals surface area contributed by atoms with Crippen LogP contribution in [0.3, 0.4) is 0 Å². The Hall–Kier alpha value is -0.0800. The minimum Gasteiger partial charge on any atom is -0.373 e. The fourth-order valence-corrected chi connectivity index (χ4v) is 1.34. The lowest BCUT2D eigenvalue weighted by Crippen LogP contribution is -2.38. The molecule has 2 nitrogen and oxygen atoms in total. The van der Waals surface area contributed by atoms with Gasteiger partial charge in [0.2, 0.25) is 0 Å². The van der Waals surface area contributed by atoms with Crippen LogP contribution in [0.4, 0.5) is 0 Å². The molecule has 0 aliphatic rings. The highest BCUT2D eigenvalue weighted by Crippen LogP contribution is 2.17. The predicted molar refractivity (Wildman–Crippen MR) is 67.3 cm³/mol. The Morgan fingerprint density at radius 2 is 1.67 bits per heavy atom. The van der Waals surface area contributed by atoms with Gasteiger partial charge in [-0.05, 0) is 60.9 Å². The van der Waals surface area contributed by atoms with Gasteiger partial charge in [-0.3, -0.25) is 0 Å². The quantitative estimate of drug-likeness (QED) is 0.733. The van der Waals surface area contributed by atoms with E-state index < -0.39 is 0 Å². The first-order valence-corrected chi connectivity index (χ1v) is 6.09. The lowest BCUT2D eigenvalue weighted by molar-refractivity contribution is -0.0681. The summed E-state index contributed by atoms with van der Waals surface area (Å²) >= 11 is 0. The maximum Gasteiger partial charge on any atom is 0.0627 e. The minimum absolute atomic E-state index is 0.0150. The second-order valence-electron chi connectivity index (χ2n) is 6.01. The molecule has 0 radical (unpaired) electrons. The first kappa shape index (κ1) is 14.9. The Kier molecular flexibility index (Phi) is 5.82. The Labute approximate surface area is 95.8 Å². The van der Waals surface area contributed by atoms with Crippen molar-refractivity contribution < 1.29 is 4.74 Å². The van der Waals surface area contributed by atoms with E-state index in [1.165, 1.54) is 0 Å². The Bertz CT molecular complexity index is 170. The van der Waals surface area contributed by atoms with Crippen molar-refractivity contribution in [1.82, 2.24) is 5.32 Å². The zero-order chi connectivity index (χ0) is 12.1. The maximum absolute atomic E-state index is 5.96. The molecule has 1 atom stereocenters. The van der Waals surface area contributed by atoms with E-state index in [-0.39, 0.29) is 11.1 Å². The van der Waals surface area contributed by atoms with Gasteiger partial charge in [0.05, 0.1) is 11.7 Å². The van der Waals surface area contributed by atoms with Crippen molar-refractivity contribution >= 4 is 0 Å². The van der Waals surface area contributed by atoms with E-state index in [2.05, 4.69) is 53.8 Å². The molecule has 0 spiro atoms. The molecule has 1 unspecified atom stereocenters. The zero-order valence-corrected chi connectivity index (χ0v) is 11.6. The summed E-state index contributed by atoms with van der Waals surface area (Å²) in [6.45, 7) is 16.2. The third-order valence-electron chi connectivity index (χ3n) is 2.58. The van der Waals surface area contributed by atoms with Crippen molar-refractivity contribution in [3.8, 4) is 0 Å². The molecule has 0 aromatic carbocycles. The molecule has 0 heterocycles. The fraction of sp³-hybridized carbons (Fsp3) is 1.00. The largest absolute Gasteiger partial charge is 0.373 e. The van der Waals surface area contributed by atoms with Gasteiger partial charge in [-0.25, -0.2) is 0 Å². The van der Waals surface area contributed by atoms with Crippen molar-refractivity contribution in [2.45, 2.75) is 78.6 Å². The van der Waals surface area contributed by atoms with E-state index in [0.29, 0.717) is 6.10 Å². The Morgan fingerprint density at radius 1 is 1.13 bits per heavy atom. The molecular formula is C13H29NO. The molecule has 0 aliphatic heterocycles. The highest BCUT2D eigenvalue weighted by molar-refractivity contribution is 4.72. The topological polar surface area (TPSA) is 21.3 Å².